The molecular weight excluding hydrogens is 442 g/mol. The Kier molecular flexibility index (Phi) is 7.38. The number of amides is 1. The molecule has 1 aromatic carbocycles. The largest absolute Gasteiger partial charge is 0.486 e. The van der Waals surface area contributed by atoms with E-state index in [9.17, 15) is 9.59 Å². The Morgan fingerprint density at radius 2 is 1.91 bits per heavy atom. The topological polar surface area (TPSA) is 73.7 Å². The molecule has 3 heterocycles. The summed E-state index contributed by atoms with van der Waals surface area (Å²) < 4.78 is 12.9. The SMILES string of the molecule is CCCCn1nc(C)c(/C=C/C(=O)N2CCC(C(=O)c3ccc4c(c3)OCCO4)CC2)c1Cl. The number of carbonyl (C=O) groups excluding carboxylic acids is 2. The van der Waals surface area contributed by atoms with Crippen LogP contribution in [0.5, 0.6) is 11.5 Å². The van der Waals surface area contributed by atoms with Gasteiger partial charge in [0, 0.05) is 42.8 Å². The summed E-state index contributed by atoms with van der Waals surface area (Å²) in [5.41, 5.74) is 2.22. The van der Waals surface area contributed by atoms with Crippen molar-refractivity contribution in [1.29, 1.82) is 0 Å². The van der Waals surface area contributed by atoms with Crippen molar-refractivity contribution < 1.29 is 19.1 Å². The number of benzene rings is 1. The number of carbonyl (C=O) groups is 2. The van der Waals surface area contributed by atoms with Gasteiger partial charge in [-0.05, 0) is 50.5 Å². The van der Waals surface area contributed by atoms with Gasteiger partial charge in [-0.15, -0.1) is 0 Å². The number of unbranched alkanes of at least 4 members (excludes halogenated alkanes) is 1. The van der Waals surface area contributed by atoms with Crippen LogP contribution in [-0.4, -0.2) is 52.7 Å². The number of aromatic nitrogens is 2. The number of piperidine rings is 1. The summed E-state index contributed by atoms with van der Waals surface area (Å²) in [5, 5.41) is 5.04. The highest BCUT2D eigenvalue weighted by Crippen LogP contribution is 2.32. The van der Waals surface area contributed by atoms with Crippen molar-refractivity contribution in [3.05, 3.63) is 46.2 Å². The fraction of sp³-hybridized carbons (Fsp3) is 0.480. The van der Waals surface area contributed by atoms with Crippen molar-refractivity contribution in [3.63, 3.8) is 0 Å². The molecule has 2 aliphatic rings. The third-order valence-corrected chi connectivity index (χ3v) is 6.63. The molecule has 0 aliphatic carbocycles. The lowest BCUT2D eigenvalue weighted by Gasteiger charge is -2.30. The Morgan fingerprint density at radius 1 is 1.18 bits per heavy atom. The lowest BCUT2D eigenvalue weighted by molar-refractivity contribution is -0.127. The Balaban J connectivity index is 1.34. The molecule has 0 unspecified atom stereocenters. The first kappa shape index (κ1) is 23.4. The van der Waals surface area contributed by atoms with Crippen molar-refractivity contribution in [1.82, 2.24) is 14.7 Å². The van der Waals surface area contributed by atoms with Crippen LogP contribution in [0.15, 0.2) is 24.3 Å². The quantitative estimate of drug-likeness (QED) is 0.437. The second-order valence-electron chi connectivity index (χ2n) is 8.52. The Bertz CT molecular complexity index is 1050. The summed E-state index contributed by atoms with van der Waals surface area (Å²) in [4.78, 5) is 27.5. The number of ketones is 1. The highest BCUT2D eigenvalue weighted by Gasteiger charge is 2.28. The Hall–Kier alpha value is -2.80. The average molecular weight is 472 g/mol. The lowest BCUT2D eigenvalue weighted by Crippen LogP contribution is -2.39. The van der Waals surface area contributed by atoms with E-state index in [4.69, 9.17) is 21.1 Å². The van der Waals surface area contributed by atoms with Crippen LogP contribution in [0.1, 0.15) is 54.2 Å². The summed E-state index contributed by atoms with van der Waals surface area (Å²) in [6.07, 6.45) is 6.66. The van der Waals surface area contributed by atoms with Crippen LogP contribution < -0.4 is 9.47 Å². The number of aryl methyl sites for hydroxylation is 2. The molecule has 2 aliphatic heterocycles. The minimum absolute atomic E-state index is 0.0722. The molecule has 2 aromatic rings. The minimum atomic E-state index is -0.103. The van der Waals surface area contributed by atoms with Gasteiger partial charge < -0.3 is 14.4 Å². The monoisotopic (exact) mass is 471 g/mol. The summed E-state index contributed by atoms with van der Waals surface area (Å²) in [6, 6.07) is 5.36. The molecule has 0 atom stereocenters. The van der Waals surface area contributed by atoms with Crippen LogP contribution in [0, 0.1) is 12.8 Å². The van der Waals surface area contributed by atoms with Gasteiger partial charge in [-0.3, -0.25) is 14.3 Å². The van der Waals surface area contributed by atoms with E-state index in [0.29, 0.717) is 61.4 Å². The number of Topliss-reactive ketones (excluding diaryl/α,β-unsaturated/α-hetero) is 1. The van der Waals surface area contributed by atoms with Gasteiger partial charge in [-0.25, -0.2) is 0 Å². The summed E-state index contributed by atoms with van der Waals surface area (Å²) >= 11 is 6.46. The van der Waals surface area contributed by atoms with E-state index in [1.807, 2.05) is 6.92 Å². The van der Waals surface area contributed by atoms with Gasteiger partial charge in [0.2, 0.25) is 5.91 Å². The number of fused-ring (bicyclic) bond motifs is 1. The summed E-state index contributed by atoms with van der Waals surface area (Å²) in [6.45, 7) is 6.89. The van der Waals surface area contributed by atoms with E-state index < -0.39 is 0 Å². The predicted octanol–water partition coefficient (Wildman–Crippen LogP) is 4.55. The number of hydrogen-bond acceptors (Lipinski definition) is 5. The predicted molar refractivity (Wildman–Crippen MR) is 127 cm³/mol. The molecule has 7 nitrogen and oxygen atoms in total. The first-order valence-corrected chi connectivity index (χ1v) is 12.0. The van der Waals surface area contributed by atoms with Crippen LogP contribution in [-0.2, 0) is 11.3 Å². The van der Waals surface area contributed by atoms with Crippen LogP contribution in [0.4, 0.5) is 0 Å². The lowest BCUT2D eigenvalue weighted by atomic mass is 9.88. The summed E-state index contributed by atoms with van der Waals surface area (Å²) in [7, 11) is 0. The van der Waals surface area contributed by atoms with Gasteiger partial charge in [-0.1, -0.05) is 24.9 Å². The molecule has 33 heavy (non-hydrogen) atoms. The molecule has 1 saturated heterocycles. The molecular formula is C25H30ClN3O4. The highest BCUT2D eigenvalue weighted by atomic mass is 35.5. The van der Waals surface area contributed by atoms with Crippen LogP contribution in [0.3, 0.4) is 0 Å². The van der Waals surface area contributed by atoms with E-state index >= 15 is 0 Å². The number of ether oxygens (including phenoxy) is 2. The molecule has 1 aromatic heterocycles. The highest BCUT2D eigenvalue weighted by molar-refractivity contribution is 6.31. The Morgan fingerprint density at radius 3 is 2.64 bits per heavy atom. The number of likely N-dealkylation sites (tertiary alicyclic amines) is 1. The van der Waals surface area contributed by atoms with Crippen molar-refractivity contribution in [2.75, 3.05) is 26.3 Å². The van der Waals surface area contributed by atoms with Crippen LogP contribution in [0.25, 0.3) is 6.08 Å². The van der Waals surface area contributed by atoms with Gasteiger partial charge in [0.25, 0.3) is 0 Å². The van der Waals surface area contributed by atoms with Crippen molar-refractivity contribution in [2.45, 2.75) is 46.1 Å². The second-order valence-corrected chi connectivity index (χ2v) is 8.88. The fourth-order valence-corrected chi connectivity index (χ4v) is 4.59. The normalized spacial score (nSPS) is 16.4. The van der Waals surface area contributed by atoms with Gasteiger partial charge >= 0.3 is 0 Å². The molecule has 0 saturated carbocycles. The van der Waals surface area contributed by atoms with Gasteiger partial charge in [0.1, 0.15) is 18.4 Å². The van der Waals surface area contributed by atoms with E-state index in [1.165, 1.54) is 0 Å². The van der Waals surface area contributed by atoms with Crippen LogP contribution in [0.2, 0.25) is 5.15 Å². The maximum absolute atomic E-state index is 13.0. The molecule has 1 amide bonds. The van der Waals surface area contributed by atoms with Crippen molar-refractivity contribution >= 4 is 29.4 Å². The third kappa shape index (κ3) is 5.24. The maximum Gasteiger partial charge on any atom is 0.246 e. The standard InChI is InChI=1S/C25H30ClN3O4/c1-3-4-11-29-25(26)20(17(2)27-29)6-8-23(30)28-12-9-18(10-13-28)24(31)19-5-7-21-22(16-19)33-15-14-32-21/h5-8,16,18H,3-4,9-15H2,1-2H3/b8-6+. The first-order valence-electron chi connectivity index (χ1n) is 11.6. The zero-order valence-electron chi connectivity index (χ0n) is 19.2. The molecule has 0 bridgehead atoms. The maximum atomic E-state index is 13.0. The van der Waals surface area contributed by atoms with Gasteiger partial charge in [0.15, 0.2) is 17.3 Å². The van der Waals surface area contributed by atoms with E-state index in [0.717, 1.165) is 30.6 Å². The third-order valence-electron chi connectivity index (χ3n) is 6.23. The van der Waals surface area contributed by atoms with E-state index in [2.05, 4.69) is 12.0 Å². The number of halogens is 1. The first-order chi connectivity index (χ1) is 16.0. The molecule has 0 radical (unpaired) electrons. The zero-order valence-corrected chi connectivity index (χ0v) is 19.9. The van der Waals surface area contributed by atoms with Crippen molar-refractivity contribution in [3.8, 4) is 11.5 Å². The molecule has 8 heteroatoms. The molecule has 0 spiro atoms. The Labute approximate surface area is 199 Å². The van der Waals surface area contributed by atoms with E-state index in [1.54, 1.807) is 39.9 Å². The van der Waals surface area contributed by atoms with Crippen LogP contribution >= 0.6 is 11.6 Å². The van der Waals surface area contributed by atoms with Gasteiger partial charge in [-0.2, -0.15) is 5.10 Å². The number of nitrogens with zero attached hydrogens (tertiary/aromatic N) is 3. The fourth-order valence-electron chi connectivity index (χ4n) is 4.27. The molecule has 1 fully saturated rings. The van der Waals surface area contributed by atoms with Gasteiger partial charge in [0.05, 0.1) is 5.69 Å². The molecule has 4 rings (SSSR count). The minimum Gasteiger partial charge on any atom is -0.486 e. The zero-order chi connectivity index (χ0) is 23.4. The summed E-state index contributed by atoms with van der Waals surface area (Å²) in [5.74, 6) is 1.22. The van der Waals surface area contributed by atoms with E-state index in [-0.39, 0.29) is 17.6 Å². The number of hydrogen-bond donors (Lipinski definition) is 0. The number of rotatable bonds is 7. The smallest absolute Gasteiger partial charge is 0.246 e. The second kappa shape index (κ2) is 10.4. The average Bonchev–Trinajstić information content (AvgIpc) is 3.12. The molecule has 0 N–H and O–H groups in total. The van der Waals surface area contributed by atoms with Crippen molar-refractivity contribution in [2.24, 2.45) is 5.92 Å². The molecule has 176 valence electrons.